The monoisotopic (exact) mass is 408 g/mol. The molecule has 1 aromatic rings. The second kappa shape index (κ2) is 7.88. The third kappa shape index (κ3) is 3.46. The third-order valence-electron chi connectivity index (χ3n) is 5.60. The Balaban J connectivity index is 1.69. The van der Waals surface area contributed by atoms with Gasteiger partial charge in [-0.15, -0.1) is 0 Å². The van der Waals surface area contributed by atoms with Gasteiger partial charge in [-0.05, 0) is 38.0 Å². The topological polar surface area (TPSA) is 90.6 Å². The number of nitrogens with one attached hydrogen (secondary N) is 1. The number of aliphatic hydroxyl groups excluding tert-OH is 2. The highest BCUT2D eigenvalue weighted by Crippen LogP contribution is 2.44. The largest absolute Gasteiger partial charge is 0.394 e. The average molecular weight is 408 g/mol. The van der Waals surface area contributed by atoms with Crippen LogP contribution in [0.5, 0.6) is 0 Å². The smallest absolute Gasteiger partial charge is 0.267 e. The maximum atomic E-state index is 13.5. The molecule has 1 saturated carbocycles. The fourth-order valence-electron chi connectivity index (χ4n) is 4.10. The number of nitrogens with zero attached hydrogens (tertiary/aromatic N) is 3. The number of aliphatic hydroxyl groups is 2. The summed E-state index contributed by atoms with van der Waals surface area (Å²) in [6, 6.07) is 0.00226. The van der Waals surface area contributed by atoms with Crippen molar-refractivity contribution in [1.82, 2.24) is 19.8 Å². The quantitative estimate of drug-likeness (QED) is 0.675. The van der Waals surface area contributed by atoms with Crippen molar-refractivity contribution in [3.8, 4) is 0 Å². The van der Waals surface area contributed by atoms with Crippen LogP contribution in [0.1, 0.15) is 37.4 Å². The van der Waals surface area contributed by atoms with Gasteiger partial charge in [0.05, 0.1) is 24.7 Å². The van der Waals surface area contributed by atoms with E-state index in [9.17, 15) is 14.3 Å². The Morgan fingerprint density at radius 3 is 2.89 bits per heavy atom. The zero-order valence-corrected chi connectivity index (χ0v) is 16.5. The highest BCUT2D eigenvalue weighted by Gasteiger charge is 2.37. The predicted octanol–water partition coefficient (Wildman–Crippen LogP) is 1.24. The van der Waals surface area contributed by atoms with Crippen LogP contribution in [-0.2, 0) is 0 Å². The molecular weight excluding hydrogens is 383 g/mol. The maximum absolute atomic E-state index is 13.5. The van der Waals surface area contributed by atoms with Crippen molar-refractivity contribution in [2.75, 3.05) is 20.2 Å². The zero-order valence-electron chi connectivity index (χ0n) is 15.7. The Kier molecular flexibility index (Phi) is 5.48. The van der Waals surface area contributed by atoms with Crippen molar-refractivity contribution < 1.29 is 14.6 Å². The molecule has 1 fully saturated rings. The Hall–Kier alpha value is -1.84. The van der Waals surface area contributed by atoms with Crippen molar-refractivity contribution in [2.45, 2.75) is 54.3 Å². The van der Waals surface area contributed by atoms with E-state index in [4.69, 9.17) is 5.11 Å². The molecular formula is C19H25FN4O3S. The van der Waals surface area contributed by atoms with Gasteiger partial charge in [-0.3, -0.25) is 9.36 Å². The Labute approximate surface area is 167 Å². The summed E-state index contributed by atoms with van der Waals surface area (Å²) in [6.45, 7) is -0.0380. The minimum atomic E-state index is -0.847. The third-order valence-corrected chi connectivity index (χ3v) is 6.81. The molecule has 3 N–H and O–H groups in total. The van der Waals surface area contributed by atoms with Gasteiger partial charge in [0.2, 0.25) is 0 Å². The number of hydrogen-bond acceptors (Lipinski definition) is 7. The van der Waals surface area contributed by atoms with Gasteiger partial charge in [-0.2, -0.15) is 0 Å². The summed E-state index contributed by atoms with van der Waals surface area (Å²) in [5.74, 6) is 0. The minimum Gasteiger partial charge on any atom is -0.394 e. The van der Waals surface area contributed by atoms with Crippen LogP contribution in [0.4, 0.5) is 4.39 Å². The molecule has 0 bridgehead atoms. The SMILES string of the molecule is CN(CC(O)CO)C1=C2c3ncn(C4CCC(F)CC4)c(=O)c3SC2NC=C1. The van der Waals surface area contributed by atoms with Gasteiger partial charge in [-0.1, -0.05) is 11.8 Å². The van der Waals surface area contributed by atoms with Crippen LogP contribution in [0.15, 0.2) is 34.0 Å². The number of likely N-dealkylation sites (N-methyl/N-ethyl adjacent to an activating group) is 1. The van der Waals surface area contributed by atoms with E-state index in [1.54, 1.807) is 10.9 Å². The highest BCUT2D eigenvalue weighted by atomic mass is 32.2. The van der Waals surface area contributed by atoms with E-state index in [-0.39, 0.29) is 30.1 Å². The molecule has 0 saturated heterocycles. The Morgan fingerprint density at radius 2 is 2.18 bits per heavy atom. The number of thioether (sulfide) groups is 1. The van der Waals surface area contributed by atoms with Gasteiger partial charge in [-0.25, -0.2) is 9.37 Å². The second-order valence-electron chi connectivity index (χ2n) is 7.55. The van der Waals surface area contributed by atoms with Crippen LogP contribution in [0.2, 0.25) is 0 Å². The Morgan fingerprint density at radius 1 is 1.43 bits per heavy atom. The van der Waals surface area contributed by atoms with Crippen molar-refractivity contribution in [3.05, 3.63) is 40.3 Å². The predicted molar refractivity (Wildman–Crippen MR) is 105 cm³/mol. The van der Waals surface area contributed by atoms with E-state index in [1.165, 1.54) is 11.8 Å². The van der Waals surface area contributed by atoms with Crippen LogP contribution in [0.25, 0.3) is 5.57 Å². The van der Waals surface area contributed by atoms with Crippen LogP contribution >= 0.6 is 11.8 Å². The molecule has 0 spiro atoms. The summed E-state index contributed by atoms with van der Waals surface area (Å²) >= 11 is 1.44. The molecule has 3 heterocycles. The first kappa shape index (κ1) is 19.5. The van der Waals surface area contributed by atoms with E-state index < -0.39 is 12.3 Å². The van der Waals surface area contributed by atoms with E-state index in [2.05, 4.69) is 10.3 Å². The van der Waals surface area contributed by atoms with Crippen molar-refractivity contribution >= 4 is 17.3 Å². The van der Waals surface area contributed by atoms with Crippen molar-refractivity contribution in [1.29, 1.82) is 0 Å². The number of halogens is 1. The van der Waals surface area contributed by atoms with Gasteiger partial charge in [0.15, 0.2) is 0 Å². The number of fused-ring (bicyclic) bond motifs is 3. The van der Waals surface area contributed by atoms with Gasteiger partial charge < -0.3 is 20.4 Å². The molecule has 1 aromatic heterocycles. The zero-order chi connectivity index (χ0) is 19.8. The van der Waals surface area contributed by atoms with Crippen molar-refractivity contribution in [3.63, 3.8) is 0 Å². The standard InChI is InChI=1S/C19H25FN4O3S/c1-23(8-13(26)9-25)14-6-7-21-18-15(14)16-17(28-18)19(27)24(10-22-16)12-4-2-11(20)3-5-12/h6-7,10-13,18,21,25-26H,2-5,8-9H2,1H3. The van der Waals surface area contributed by atoms with Gasteiger partial charge >= 0.3 is 0 Å². The fourth-order valence-corrected chi connectivity index (χ4v) is 5.32. The van der Waals surface area contributed by atoms with E-state index in [0.29, 0.717) is 36.3 Å². The number of alkyl halides is 1. The first-order valence-corrected chi connectivity index (χ1v) is 10.5. The van der Waals surface area contributed by atoms with Crippen LogP contribution < -0.4 is 10.9 Å². The van der Waals surface area contributed by atoms with E-state index >= 15 is 0 Å². The lowest BCUT2D eigenvalue weighted by molar-refractivity contribution is 0.0751. The molecule has 7 nitrogen and oxygen atoms in total. The first-order valence-electron chi connectivity index (χ1n) is 9.58. The number of hydrogen-bond donors (Lipinski definition) is 3. The fraction of sp³-hybridized carbons (Fsp3) is 0.579. The molecule has 2 unspecified atom stereocenters. The number of allylic oxidation sites excluding steroid dienone is 1. The normalized spacial score (nSPS) is 27.2. The molecule has 4 rings (SSSR count). The summed E-state index contributed by atoms with van der Waals surface area (Å²) in [5.41, 5.74) is 2.36. The molecule has 9 heteroatoms. The lowest BCUT2D eigenvalue weighted by Gasteiger charge is -2.29. The first-order chi connectivity index (χ1) is 13.5. The molecule has 0 aromatic carbocycles. The summed E-state index contributed by atoms with van der Waals surface area (Å²) in [6.07, 6.45) is 5.99. The van der Waals surface area contributed by atoms with Gasteiger partial charge in [0.25, 0.3) is 5.56 Å². The molecule has 0 amide bonds. The van der Waals surface area contributed by atoms with Gasteiger partial charge in [0.1, 0.15) is 16.4 Å². The van der Waals surface area contributed by atoms with Gasteiger partial charge in [0, 0.05) is 30.9 Å². The lowest BCUT2D eigenvalue weighted by Crippen LogP contribution is -2.34. The lowest BCUT2D eigenvalue weighted by atomic mass is 9.94. The van der Waals surface area contributed by atoms with Crippen LogP contribution in [0.3, 0.4) is 0 Å². The molecule has 2 aliphatic heterocycles. The summed E-state index contributed by atoms with van der Waals surface area (Å²) in [5, 5.41) is 22.0. The molecule has 152 valence electrons. The molecule has 2 atom stereocenters. The molecule has 28 heavy (non-hydrogen) atoms. The van der Waals surface area contributed by atoms with Crippen LogP contribution in [-0.4, -0.2) is 62.5 Å². The Bertz CT molecular complexity index is 863. The number of dihydropyridines is 1. The highest BCUT2D eigenvalue weighted by molar-refractivity contribution is 8.00. The maximum Gasteiger partial charge on any atom is 0.267 e. The molecule has 1 aliphatic carbocycles. The molecule has 3 aliphatic rings. The van der Waals surface area contributed by atoms with Crippen molar-refractivity contribution in [2.24, 2.45) is 0 Å². The summed E-state index contributed by atoms with van der Waals surface area (Å²) in [7, 11) is 1.84. The van der Waals surface area contributed by atoms with Crippen LogP contribution in [0, 0.1) is 0 Å². The number of aromatic nitrogens is 2. The average Bonchev–Trinajstić information content (AvgIpc) is 3.08. The van der Waals surface area contributed by atoms with E-state index in [0.717, 1.165) is 11.3 Å². The van der Waals surface area contributed by atoms with E-state index in [1.807, 2.05) is 24.2 Å². The minimum absolute atomic E-state index is 0.00226. The summed E-state index contributed by atoms with van der Waals surface area (Å²) in [4.78, 5) is 20.2. The second-order valence-corrected chi connectivity index (χ2v) is 8.67. The summed E-state index contributed by atoms with van der Waals surface area (Å²) < 4.78 is 15.1. The molecule has 0 radical (unpaired) electrons. The number of rotatable bonds is 5.